The van der Waals surface area contributed by atoms with Gasteiger partial charge in [-0.25, -0.2) is 4.98 Å². The average molecular weight is 394 g/mol. The molecule has 7 nitrogen and oxygen atoms in total. The van der Waals surface area contributed by atoms with Crippen molar-refractivity contribution in [3.8, 4) is 0 Å². The van der Waals surface area contributed by atoms with E-state index >= 15 is 0 Å². The van der Waals surface area contributed by atoms with E-state index in [2.05, 4.69) is 36.4 Å². The summed E-state index contributed by atoms with van der Waals surface area (Å²) in [4.78, 5) is 30.0. The highest BCUT2D eigenvalue weighted by molar-refractivity contribution is 6.09. The second-order valence-corrected chi connectivity index (χ2v) is 7.74. The topological polar surface area (TPSA) is 84.7 Å². The fourth-order valence-corrected chi connectivity index (χ4v) is 3.14. The van der Waals surface area contributed by atoms with Gasteiger partial charge in [-0.1, -0.05) is 45.0 Å². The van der Waals surface area contributed by atoms with E-state index in [1.165, 1.54) is 0 Å². The Morgan fingerprint density at radius 3 is 2.52 bits per heavy atom. The van der Waals surface area contributed by atoms with E-state index in [0.717, 1.165) is 11.3 Å². The molecule has 0 saturated carbocycles. The zero-order valence-corrected chi connectivity index (χ0v) is 17.2. The van der Waals surface area contributed by atoms with Gasteiger partial charge in [-0.3, -0.25) is 14.0 Å². The number of benzene rings is 1. The lowest BCUT2D eigenvalue weighted by Gasteiger charge is -2.22. The Labute approximate surface area is 170 Å². The van der Waals surface area contributed by atoms with Crippen LogP contribution in [0.15, 0.2) is 48.7 Å². The number of anilines is 1. The summed E-state index contributed by atoms with van der Waals surface area (Å²) in [6.45, 7) is 7.02. The second kappa shape index (κ2) is 8.45. The molecule has 2 heterocycles. The molecule has 0 aliphatic rings. The zero-order chi connectivity index (χ0) is 21.0. The van der Waals surface area contributed by atoms with Crippen LogP contribution < -0.4 is 10.6 Å². The first-order valence-electron chi connectivity index (χ1n) is 9.48. The minimum Gasteiger partial charge on any atom is -0.383 e. The number of amides is 2. The van der Waals surface area contributed by atoms with Crippen LogP contribution in [0.1, 0.15) is 47.4 Å². The molecule has 0 bridgehead atoms. The molecule has 7 heteroatoms. The lowest BCUT2D eigenvalue weighted by atomic mass is 9.86. The Bertz CT molecular complexity index is 1030. The van der Waals surface area contributed by atoms with Crippen molar-refractivity contribution in [3.63, 3.8) is 0 Å². The molecule has 0 aliphatic carbocycles. The highest BCUT2D eigenvalue weighted by atomic mass is 16.5. The number of para-hydroxylation sites is 1. The van der Waals surface area contributed by atoms with E-state index < -0.39 is 0 Å². The molecular formula is C22H26N4O3. The number of hydrogen-bond donors (Lipinski definition) is 2. The zero-order valence-electron chi connectivity index (χ0n) is 17.2. The number of aromatic nitrogens is 2. The highest BCUT2D eigenvalue weighted by Crippen LogP contribution is 2.29. The maximum Gasteiger partial charge on any atom is 0.287 e. The van der Waals surface area contributed by atoms with Gasteiger partial charge in [-0.15, -0.1) is 0 Å². The molecule has 0 spiro atoms. The first kappa shape index (κ1) is 20.5. The van der Waals surface area contributed by atoms with Crippen LogP contribution in [0.5, 0.6) is 0 Å². The summed E-state index contributed by atoms with van der Waals surface area (Å²) in [7, 11) is 1.56. The van der Waals surface area contributed by atoms with Crippen LogP contribution in [0, 0.1) is 0 Å². The van der Waals surface area contributed by atoms with E-state index in [1.54, 1.807) is 29.8 Å². The number of hydrogen-bond acceptors (Lipinski definition) is 4. The van der Waals surface area contributed by atoms with Crippen molar-refractivity contribution < 1.29 is 14.3 Å². The third kappa shape index (κ3) is 4.46. The predicted octanol–water partition coefficient (Wildman–Crippen LogP) is 3.26. The molecule has 3 rings (SSSR count). The molecule has 1 aromatic carbocycles. The number of fused-ring (bicyclic) bond motifs is 1. The molecule has 0 atom stereocenters. The predicted molar refractivity (Wildman–Crippen MR) is 112 cm³/mol. The number of ether oxygens (including phenoxy) is 1. The Morgan fingerprint density at radius 2 is 1.79 bits per heavy atom. The van der Waals surface area contributed by atoms with Gasteiger partial charge in [0.25, 0.3) is 11.8 Å². The average Bonchev–Trinajstić information content (AvgIpc) is 3.08. The maximum absolute atomic E-state index is 13.1. The molecule has 3 aromatic rings. The van der Waals surface area contributed by atoms with Gasteiger partial charge < -0.3 is 15.4 Å². The number of nitrogens with one attached hydrogen (secondary N) is 2. The van der Waals surface area contributed by atoms with Crippen LogP contribution in [0.2, 0.25) is 0 Å². The molecular weight excluding hydrogens is 368 g/mol. The lowest BCUT2D eigenvalue weighted by molar-refractivity contribution is 0.0926. The summed E-state index contributed by atoms with van der Waals surface area (Å²) in [5.41, 5.74) is 2.39. The summed E-state index contributed by atoms with van der Waals surface area (Å²) in [6.07, 6.45) is 1.72. The summed E-state index contributed by atoms with van der Waals surface area (Å²) >= 11 is 0. The van der Waals surface area contributed by atoms with Crippen molar-refractivity contribution in [2.24, 2.45) is 0 Å². The molecule has 0 fully saturated rings. The third-order valence-corrected chi connectivity index (χ3v) is 4.54. The van der Waals surface area contributed by atoms with E-state index in [1.807, 2.05) is 30.3 Å². The molecule has 0 radical (unpaired) electrons. The lowest BCUT2D eigenvalue weighted by Crippen LogP contribution is -2.28. The van der Waals surface area contributed by atoms with Gasteiger partial charge in [0.05, 0.1) is 12.1 Å². The maximum atomic E-state index is 13.1. The van der Waals surface area contributed by atoms with Crippen LogP contribution in [0.3, 0.4) is 0 Å². The van der Waals surface area contributed by atoms with E-state index in [9.17, 15) is 9.59 Å². The Balaban J connectivity index is 1.95. The first-order valence-corrected chi connectivity index (χ1v) is 9.48. The van der Waals surface area contributed by atoms with Gasteiger partial charge in [0.2, 0.25) is 5.82 Å². The Hall–Kier alpha value is -3.19. The van der Waals surface area contributed by atoms with Gasteiger partial charge >= 0.3 is 0 Å². The second-order valence-electron chi connectivity index (χ2n) is 7.74. The summed E-state index contributed by atoms with van der Waals surface area (Å²) in [6, 6.07) is 13.1. The number of methoxy groups -OCH3 is 1. The summed E-state index contributed by atoms with van der Waals surface area (Å²) < 4.78 is 6.58. The highest BCUT2D eigenvalue weighted by Gasteiger charge is 2.23. The molecule has 0 unspecified atom stereocenters. The van der Waals surface area contributed by atoms with E-state index in [0.29, 0.717) is 18.7 Å². The summed E-state index contributed by atoms with van der Waals surface area (Å²) in [5.74, 6) is -0.565. The van der Waals surface area contributed by atoms with Crippen LogP contribution in [-0.2, 0) is 10.2 Å². The number of imidazole rings is 1. The first-order chi connectivity index (χ1) is 13.8. The van der Waals surface area contributed by atoms with Crippen molar-refractivity contribution in [3.05, 3.63) is 65.7 Å². The Morgan fingerprint density at radius 1 is 1.07 bits per heavy atom. The number of pyridine rings is 1. The van der Waals surface area contributed by atoms with Crippen LogP contribution in [-0.4, -0.2) is 41.5 Å². The quantitative estimate of drug-likeness (QED) is 0.629. The number of carbonyl (C=O) groups excluding carboxylic acids is 2. The van der Waals surface area contributed by atoms with Gasteiger partial charge in [0.1, 0.15) is 0 Å². The SMILES string of the molecule is COCCNC(=O)c1nc(C(=O)Nc2ccccc2C(C)(C)C)c2ccccn12. The smallest absolute Gasteiger partial charge is 0.287 e. The number of carbonyl (C=O) groups is 2. The molecule has 152 valence electrons. The fourth-order valence-electron chi connectivity index (χ4n) is 3.14. The third-order valence-electron chi connectivity index (χ3n) is 4.54. The van der Waals surface area contributed by atoms with Crippen LogP contribution >= 0.6 is 0 Å². The van der Waals surface area contributed by atoms with Gasteiger partial charge in [0.15, 0.2) is 5.69 Å². The normalized spacial score (nSPS) is 11.4. The van der Waals surface area contributed by atoms with Crippen LogP contribution in [0.25, 0.3) is 5.52 Å². The van der Waals surface area contributed by atoms with E-state index in [4.69, 9.17) is 4.74 Å². The minimum absolute atomic E-state index is 0.132. The number of rotatable bonds is 6. The van der Waals surface area contributed by atoms with Gasteiger partial charge in [-0.2, -0.15) is 0 Å². The fraction of sp³-hybridized carbons (Fsp3) is 0.318. The molecule has 29 heavy (non-hydrogen) atoms. The van der Waals surface area contributed by atoms with Crippen LogP contribution in [0.4, 0.5) is 5.69 Å². The standard InChI is InChI=1S/C22H26N4O3/c1-22(2,3)15-9-5-6-10-16(15)24-20(27)18-17-11-7-8-13-26(17)19(25-18)21(28)23-12-14-29-4/h5-11,13H,12,14H2,1-4H3,(H,23,28)(H,24,27). The Kier molecular flexibility index (Phi) is 5.98. The molecule has 0 saturated heterocycles. The van der Waals surface area contributed by atoms with Crippen molar-refractivity contribution in [2.75, 3.05) is 25.6 Å². The van der Waals surface area contributed by atoms with Crippen molar-refractivity contribution in [1.82, 2.24) is 14.7 Å². The van der Waals surface area contributed by atoms with Crippen molar-refractivity contribution >= 4 is 23.0 Å². The monoisotopic (exact) mass is 394 g/mol. The number of nitrogens with zero attached hydrogens (tertiary/aromatic N) is 2. The summed E-state index contributed by atoms with van der Waals surface area (Å²) in [5, 5.41) is 5.71. The minimum atomic E-state index is -0.364. The molecule has 2 N–H and O–H groups in total. The molecule has 0 aliphatic heterocycles. The molecule has 2 amide bonds. The van der Waals surface area contributed by atoms with Gasteiger partial charge in [0, 0.05) is 25.5 Å². The van der Waals surface area contributed by atoms with E-state index in [-0.39, 0.29) is 28.7 Å². The molecule has 2 aromatic heterocycles. The largest absolute Gasteiger partial charge is 0.383 e. The van der Waals surface area contributed by atoms with Crippen molar-refractivity contribution in [1.29, 1.82) is 0 Å². The van der Waals surface area contributed by atoms with Crippen molar-refractivity contribution in [2.45, 2.75) is 26.2 Å². The van der Waals surface area contributed by atoms with Gasteiger partial charge in [-0.05, 0) is 29.2 Å².